The molecule has 1 aromatic heterocycles. The second-order valence-corrected chi connectivity index (χ2v) is 8.25. The van der Waals surface area contributed by atoms with E-state index in [1.165, 1.54) is 25.7 Å². The highest BCUT2D eigenvalue weighted by molar-refractivity contribution is 8.00. The maximum atomic E-state index is 12.7. The van der Waals surface area contributed by atoms with E-state index >= 15 is 0 Å². The first-order chi connectivity index (χ1) is 13.3. The standard InChI is InChI=1S/C22H23N3OS/c26-22(18-11-9-17(10-12-18)15-25-14-13-23-16-25)24-20-7-3-4-8-21(20)27-19-5-1-2-6-19/h3-4,7-14,16,19H,1-2,5-6,15H2,(H,24,26). The number of nitrogens with one attached hydrogen (secondary N) is 1. The minimum atomic E-state index is -0.0661. The predicted molar refractivity (Wildman–Crippen MR) is 110 cm³/mol. The van der Waals surface area contributed by atoms with Gasteiger partial charge in [0.1, 0.15) is 0 Å². The molecule has 0 unspecified atom stereocenters. The topological polar surface area (TPSA) is 46.9 Å². The number of rotatable bonds is 6. The normalized spacial score (nSPS) is 14.4. The average molecular weight is 378 g/mol. The molecule has 4 nitrogen and oxygen atoms in total. The first-order valence-electron chi connectivity index (χ1n) is 9.40. The molecule has 2 aromatic carbocycles. The number of anilines is 1. The zero-order valence-corrected chi connectivity index (χ0v) is 16.0. The molecule has 0 spiro atoms. The van der Waals surface area contributed by atoms with Crippen LogP contribution in [0.1, 0.15) is 41.6 Å². The molecular weight excluding hydrogens is 354 g/mol. The van der Waals surface area contributed by atoms with E-state index < -0.39 is 0 Å². The van der Waals surface area contributed by atoms with E-state index in [2.05, 4.69) is 16.4 Å². The number of nitrogens with zero attached hydrogens (tertiary/aromatic N) is 2. The molecule has 1 N–H and O–H groups in total. The summed E-state index contributed by atoms with van der Waals surface area (Å²) in [6, 6.07) is 15.9. The first-order valence-corrected chi connectivity index (χ1v) is 10.3. The summed E-state index contributed by atoms with van der Waals surface area (Å²) >= 11 is 1.90. The highest BCUT2D eigenvalue weighted by Gasteiger charge is 2.18. The summed E-state index contributed by atoms with van der Waals surface area (Å²) in [5.74, 6) is -0.0661. The molecule has 0 aliphatic heterocycles. The van der Waals surface area contributed by atoms with Crippen molar-refractivity contribution in [3.8, 4) is 0 Å². The Labute approximate surface area is 164 Å². The van der Waals surface area contributed by atoms with Gasteiger partial charge in [-0.1, -0.05) is 37.1 Å². The number of para-hydroxylation sites is 1. The summed E-state index contributed by atoms with van der Waals surface area (Å²) in [7, 11) is 0. The molecule has 27 heavy (non-hydrogen) atoms. The Morgan fingerprint density at radius 2 is 1.89 bits per heavy atom. The summed E-state index contributed by atoms with van der Waals surface area (Å²) in [4.78, 5) is 17.9. The number of imidazole rings is 1. The van der Waals surface area contributed by atoms with Gasteiger partial charge in [0.25, 0.3) is 5.91 Å². The van der Waals surface area contributed by atoms with E-state index in [1.807, 2.05) is 65.0 Å². The summed E-state index contributed by atoms with van der Waals surface area (Å²) in [5.41, 5.74) is 2.72. The van der Waals surface area contributed by atoms with Gasteiger partial charge in [0, 0.05) is 34.6 Å². The highest BCUT2D eigenvalue weighted by Crippen LogP contribution is 2.38. The van der Waals surface area contributed by atoms with Crippen molar-refractivity contribution in [3.63, 3.8) is 0 Å². The third kappa shape index (κ3) is 4.61. The van der Waals surface area contributed by atoms with Crippen LogP contribution in [-0.4, -0.2) is 20.7 Å². The summed E-state index contributed by atoms with van der Waals surface area (Å²) in [6.45, 7) is 0.753. The van der Waals surface area contributed by atoms with E-state index in [9.17, 15) is 4.79 Å². The van der Waals surface area contributed by atoms with Gasteiger partial charge in [-0.2, -0.15) is 0 Å². The van der Waals surface area contributed by atoms with E-state index in [1.54, 1.807) is 12.5 Å². The van der Waals surface area contributed by atoms with E-state index in [0.717, 1.165) is 22.7 Å². The van der Waals surface area contributed by atoms with Crippen LogP contribution in [0.2, 0.25) is 0 Å². The number of carbonyl (C=O) groups excluding carboxylic acids is 1. The minimum Gasteiger partial charge on any atom is -0.333 e. The van der Waals surface area contributed by atoms with Crippen LogP contribution >= 0.6 is 11.8 Å². The number of hydrogen-bond acceptors (Lipinski definition) is 3. The largest absolute Gasteiger partial charge is 0.333 e. The van der Waals surface area contributed by atoms with Crippen molar-refractivity contribution in [2.24, 2.45) is 0 Å². The Morgan fingerprint density at radius 1 is 1.11 bits per heavy atom. The van der Waals surface area contributed by atoms with Gasteiger partial charge < -0.3 is 9.88 Å². The fourth-order valence-electron chi connectivity index (χ4n) is 3.41. The van der Waals surface area contributed by atoms with Crippen molar-refractivity contribution in [3.05, 3.63) is 78.4 Å². The fourth-order valence-corrected chi connectivity index (χ4v) is 4.74. The fraction of sp³-hybridized carbons (Fsp3) is 0.273. The molecule has 4 rings (SSSR count). The lowest BCUT2D eigenvalue weighted by molar-refractivity contribution is 0.102. The van der Waals surface area contributed by atoms with Crippen molar-refractivity contribution >= 4 is 23.4 Å². The molecule has 1 fully saturated rings. The smallest absolute Gasteiger partial charge is 0.255 e. The van der Waals surface area contributed by atoms with Crippen LogP contribution in [0.4, 0.5) is 5.69 Å². The number of benzene rings is 2. The van der Waals surface area contributed by atoms with Crippen LogP contribution in [0, 0.1) is 0 Å². The minimum absolute atomic E-state index is 0.0661. The predicted octanol–water partition coefficient (Wildman–Crippen LogP) is 5.22. The second-order valence-electron chi connectivity index (χ2n) is 6.91. The highest BCUT2D eigenvalue weighted by atomic mass is 32.2. The lowest BCUT2D eigenvalue weighted by Gasteiger charge is -2.14. The summed E-state index contributed by atoms with van der Waals surface area (Å²) in [6.07, 6.45) is 10.7. The maximum Gasteiger partial charge on any atom is 0.255 e. The zero-order chi connectivity index (χ0) is 18.5. The number of carbonyl (C=O) groups is 1. The Hall–Kier alpha value is -2.53. The van der Waals surface area contributed by atoms with Crippen LogP contribution < -0.4 is 5.32 Å². The van der Waals surface area contributed by atoms with Crippen LogP contribution in [0.3, 0.4) is 0 Å². The van der Waals surface area contributed by atoms with Crippen molar-refractivity contribution in [2.45, 2.75) is 42.4 Å². The first kappa shape index (κ1) is 17.9. The van der Waals surface area contributed by atoms with E-state index in [0.29, 0.717) is 10.8 Å². The van der Waals surface area contributed by atoms with Crippen LogP contribution in [-0.2, 0) is 6.54 Å². The third-order valence-corrected chi connectivity index (χ3v) is 6.29. The SMILES string of the molecule is O=C(Nc1ccccc1SC1CCCC1)c1ccc(Cn2ccnc2)cc1. The Balaban J connectivity index is 1.43. The van der Waals surface area contributed by atoms with Crippen molar-refractivity contribution < 1.29 is 4.79 Å². The van der Waals surface area contributed by atoms with E-state index in [-0.39, 0.29) is 5.91 Å². The molecule has 1 heterocycles. The van der Waals surface area contributed by atoms with Crippen molar-refractivity contribution in [2.75, 3.05) is 5.32 Å². The summed E-state index contributed by atoms with van der Waals surface area (Å²) < 4.78 is 2.01. The molecule has 1 aliphatic carbocycles. The lowest BCUT2D eigenvalue weighted by Crippen LogP contribution is -2.13. The molecule has 0 saturated heterocycles. The van der Waals surface area contributed by atoms with E-state index in [4.69, 9.17) is 0 Å². The number of thioether (sulfide) groups is 1. The Bertz CT molecular complexity index is 884. The van der Waals surface area contributed by atoms with Gasteiger partial charge >= 0.3 is 0 Å². The molecule has 0 radical (unpaired) electrons. The number of amides is 1. The van der Waals surface area contributed by atoms with Crippen molar-refractivity contribution in [1.29, 1.82) is 0 Å². The maximum absolute atomic E-state index is 12.7. The number of hydrogen-bond donors (Lipinski definition) is 1. The van der Waals surface area contributed by atoms with Gasteiger partial charge in [0.2, 0.25) is 0 Å². The second kappa shape index (κ2) is 8.44. The van der Waals surface area contributed by atoms with Gasteiger partial charge in [-0.25, -0.2) is 4.98 Å². The molecule has 3 aromatic rings. The van der Waals surface area contributed by atoms with Gasteiger partial charge in [-0.05, 0) is 42.7 Å². The molecule has 1 amide bonds. The van der Waals surface area contributed by atoms with Gasteiger partial charge in [0.05, 0.1) is 12.0 Å². The zero-order valence-electron chi connectivity index (χ0n) is 15.2. The van der Waals surface area contributed by atoms with Gasteiger partial charge in [0.15, 0.2) is 0 Å². The average Bonchev–Trinajstić information content (AvgIpc) is 3.38. The molecule has 5 heteroatoms. The molecular formula is C22H23N3OS. The Kier molecular flexibility index (Phi) is 5.58. The van der Waals surface area contributed by atoms with Gasteiger partial charge in [-0.3, -0.25) is 4.79 Å². The third-order valence-electron chi connectivity index (χ3n) is 4.87. The molecule has 1 saturated carbocycles. The number of aromatic nitrogens is 2. The van der Waals surface area contributed by atoms with Crippen LogP contribution in [0.25, 0.3) is 0 Å². The molecule has 0 bridgehead atoms. The summed E-state index contributed by atoms with van der Waals surface area (Å²) in [5, 5.41) is 3.76. The quantitative estimate of drug-likeness (QED) is 0.641. The van der Waals surface area contributed by atoms with Crippen LogP contribution in [0.15, 0.2) is 72.1 Å². The van der Waals surface area contributed by atoms with Crippen LogP contribution in [0.5, 0.6) is 0 Å². The Morgan fingerprint density at radius 3 is 2.63 bits per heavy atom. The lowest BCUT2D eigenvalue weighted by atomic mass is 10.1. The molecule has 0 atom stereocenters. The van der Waals surface area contributed by atoms with Crippen molar-refractivity contribution in [1.82, 2.24) is 9.55 Å². The molecule has 1 aliphatic rings. The van der Waals surface area contributed by atoms with Gasteiger partial charge in [-0.15, -0.1) is 11.8 Å². The monoisotopic (exact) mass is 377 g/mol. The molecule has 138 valence electrons.